The fraction of sp³-hybridized carbons (Fsp3) is 0.579. The van der Waals surface area contributed by atoms with Crippen molar-refractivity contribution in [3.05, 3.63) is 29.8 Å². The molecule has 6 nitrogen and oxygen atoms in total. The van der Waals surface area contributed by atoms with Crippen LogP contribution in [0.15, 0.2) is 18.5 Å². The fourth-order valence-corrected chi connectivity index (χ4v) is 4.65. The average Bonchev–Trinajstić information content (AvgIpc) is 2.94. The lowest BCUT2D eigenvalue weighted by Gasteiger charge is -2.36. The number of nitrogens with two attached hydrogens (primary N) is 1. The van der Waals surface area contributed by atoms with E-state index < -0.39 is 30.2 Å². The SMILES string of the molecule is Nc1ncc(-c2cn(C3[C@H]4CN(C5COC5)C[C@@H]34)c(CC(F)(F)F)n2)cc1C(F)(F)F. The molecule has 1 aliphatic carbocycles. The van der Waals surface area contributed by atoms with E-state index in [2.05, 4.69) is 14.9 Å². The topological polar surface area (TPSA) is 69.2 Å². The number of imidazole rings is 1. The molecule has 2 aliphatic heterocycles. The van der Waals surface area contributed by atoms with Crippen LogP contribution in [0.1, 0.15) is 17.4 Å². The van der Waals surface area contributed by atoms with Gasteiger partial charge in [0.1, 0.15) is 18.1 Å². The molecule has 0 bridgehead atoms. The summed E-state index contributed by atoms with van der Waals surface area (Å²) >= 11 is 0. The Morgan fingerprint density at radius 1 is 1.10 bits per heavy atom. The number of ether oxygens (including phenoxy) is 1. The number of pyridine rings is 1. The van der Waals surface area contributed by atoms with Gasteiger partial charge in [0.2, 0.25) is 0 Å². The molecule has 2 aromatic heterocycles. The summed E-state index contributed by atoms with van der Waals surface area (Å²) in [5.74, 6) is -0.497. The molecule has 1 saturated carbocycles. The van der Waals surface area contributed by atoms with Gasteiger partial charge in [0.25, 0.3) is 0 Å². The first-order valence-corrected chi connectivity index (χ1v) is 9.80. The van der Waals surface area contributed by atoms with E-state index in [1.54, 1.807) is 0 Å². The zero-order valence-electron chi connectivity index (χ0n) is 16.1. The quantitative estimate of drug-likeness (QED) is 0.730. The van der Waals surface area contributed by atoms with Crippen molar-refractivity contribution in [2.75, 3.05) is 32.0 Å². The van der Waals surface area contributed by atoms with E-state index in [0.29, 0.717) is 19.3 Å². The predicted molar refractivity (Wildman–Crippen MR) is 96.8 cm³/mol. The van der Waals surface area contributed by atoms with Crippen LogP contribution in [0.4, 0.5) is 32.2 Å². The first-order chi connectivity index (χ1) is 14.5. The average molecular weight is 447 g/mol. The molecule has 2 saturated heterocycles. The van der Waals surface area contributed by atoms with Gasteiger partial charge in [-0.15, -0.1) is 0 Å². The minimum Gasteiger partial charge on any atom is -0.383 e. The monoisotopic (exact) mass is 447 g/mol. The van der Waals surface area contributed by atoms with Crippen molar-refractivity contribution in [1.29, 1.82) is 0 Å². The molecular formula is C19H19F6N5O. The Balaban J connectivity index is 1.45. The van der Waals surface area contributed by atoms with Crippen molar-refractivity contribution < 1.29 is 31.1 Å². The van der Waals surface area contributed by atoms with Crippen molar-refractivity contribution >= 4 is 5.82 Å². The molecule has 4 heterocycles. The lowest BCUT2D eigenvalue weighted by Crippen LogP contribution is -2.49. The maximum absolute atomic E-state index is 13.2. The highest BCUT2D eigenvalue weighted by Gasteiger charge is 2.58. The Kier molecular flexibility index (Phi) is 4.53. The van der Waals surface area contributed by atoms with Gasteiger partial charge < -0.3 is 15.0 Å². The molecule has 5 rings (SSSR count). The summed E-state index contributed by atoms with van der Waals surface area (Å²) < 4.78 is 85.7. The molecule has 0 aromatic carbocycles. The highest BCUT2D eigenvalue weighted by Crippen LogP contribution is 2.56. The summed E-state index contributed by atoms with van der Waals surface area (Å²) in [4.78, 5) is 9.90. The third kappa shape index (κ3) is 3.75. The Labute approximate surface area is 173 Å². The molecule has 3 fully saturated rings. The zero-order valence-corrected chi connectivity index (χ0v) is 16.1. The maximum atomic E-state index is 13.2. The molecule has 0 amide bonds. The van der Waals surface area contributed by atoms with E-state index in [0.717, 1.165) is 25.4 Å². The molecule has 0 spiro atoms. The van der Waals surface area contributed by atoms with Crippen LogP contribution in [0.3, 0.4) is 0 Å². The van der Waals surface area contributed by atoms with E-state index in [9.17, 15) is 26.3 Å². The molecule has 3 aliphatic rings. The van der Waals surface area contributed by atoms with Gasteiger partial charge in [-0.2, -0.15) is 26.3 Å². The molecular weight excluding hydrogens is 428 g/mol. The van der Waals surface area contributed by atoms with Gasteiger partial charge in [0.15, 0.2) is 0 Å². The minimum absolute atomic E-state index is 0.0199. The Bertz CT molecular complexity index is 987. The van der Waals surface area contributed by atoms with Crippen LogP contribution in [0, 0.1) is 11.8 Å². The van der Waals surface area contributed by atoms with E-state index in [4.69, 9.17) is 10.5 Å². The van der Waals surface area contributed by atoms with Gasteiger partial charge in [-0.25, -0.2) is 9.97 Å². The van der Waals surface area contributed by atoms with Crippen molar-refractivity contribution in [1.82, 2.24) is 19.4 Å². The molecule has 2 aromatic rings. The van der Waals surface area contributed by atoms with Gasteiger partial charge >= 0.3 is 12.4 Å². The number of halogens is 6. The van der Waals surface area contributed by atoms with E-state index >= 15 is 0 Å². The number of piperidine rings is 1. The summed E-state index contributed by atoms with van der Waals surface area (Å²) in [5, 5.41) is 0. The molecule has 2 N–H and O–H groups in total. The van der Waals surface area contributed by atoms with Crippen molar-refractivity contribution in [2.45, 2.75) is 30.9 Å². The molecule has 3 atom stereocenters. The zero-order chi connectivity index (χ0) is 22.1. The van der Waals surface area contributed by atoms with Gasteiger partial charge in [-0.05, 0) is 17.9 Å². The number of hydrogen-bond acceptors (Lipinski definition) is 5. The molecule has 168 valence electrons. The Hall–Kier alpha value is -2.34. The summed E-state index contributed by atoms with van der Waals surface area (Å²) in [7, 11) is 0. The van der Waals surface area contributed by atoms with Crippen LogP contribution in [0.2, 0.25) is 0 Å². The smallest absolute Gasteiger partial charge is 0.383 e. The van der Waals surface area contributed by atoms with Crippen LogP contribution in [-0.4, -0.2) is 58.0 Å². The lowest BCUT2D eigenvalue weighted by atomic mass is 10.1. The molecule has 12 heteroatoms. The lowest BCUT2D eigenvalue weighted by molar-refractivity contribution is -0.137. The van der Waals surface area contributed by atoms with Crippen molar-refractivity contribution in [3.63, 3.8) is 0 Å². The van der Waals surface area contributed by atoms with Crippen LogP contribution < -0.4 is 5.73 Å². The van der Waals surface area contributed by atoms with Crippen molar-refractivity contribution in [2.24, 2.45) is 11.8 Å². The summed E-state index contributed by atoms with van der Waals surface area (Å²) in [6.45, 7) is 2.88. The maximum Gasteiger partial charge on any atom is 0.419 e. The van der Waals surface area contributed by atoms with Crippen LogP contribution in [0.5, 0.6) is 0 Å². The fourth-order valence-electron chi connectivity index (χ4n) is 4.65. The number of aromatic nitrogens is 3. The number of rotatable bonds is 4. The predicted octanol–water partition coefficient (Wildman–Crippen LogP) is 3.15. The normalized spacial score (nSPS) is 26.7. The minimum atomic E-state index is -4.73. The van der Waals surface area contributed by atoms with E-state index in [1.165, 1.54) is 10.8 Å². The second-order valence-corrected chi connectivity index (χ2v) is 8.36. The number of nitrogen functional groups attached to an aromatic ring is 1. The van der Waals surface area contributed by atoms with E-state index in [1.807, 2.05) is 0 Å². The molecule has 1 unspecified atom stereocenters. The second kappa shape index (κ2) is 6.83. The van der Waals surface area contributed by atoms with Gasteiger partial charge in [-0.3, -0.25) is 4.90 Å². The van der Waals surface area contributed by atoms with Crippen LogP contribution >= 0.6 is 0 Å². The second-order valence-electron chi connectivity index (χ2n) is 8.36. The number of anilines is 1. The van der Waals surface area contributed by atoms with E-state index in [-0.39, 0.29) is 35.0 Å². The Morgan fingerprint density at radius 3 is 2.32 bits per heavy atom. The summed E-state index contributed by atoms with van der Waals surface area (Å²) in [6, 6.07) is 1.00. The highest BCUT2D eigenvalue weighted by molar-refractivity contribution is 5.62. The van der Waals surface area contributed by atoms with Crippen LogP contribution in [0.25, 0.3) is 11.3 Å². The number of likely N-dealkylation sites (tertiary alicyclic amines) is 1. The number of hydrogen-bond donors (Lipinski definition) is 1. The Morgan fingerprint density at radius 2 is 1.77 bits per heavy atom. The van der Waals surface area contributed by atoms with Gasteiger partial charge in [0, 0.05) is 37.1 Å². The standard InChI is InChI=1S/C19H19F6N5O/c20-18(21,22)2-15-28-14(9-1-13(19(23,24)25)17(26)27-3-9)6-30(15)16-11-4-29(5-12(11)16)10-7-31-8-10/h1,3,6,10-12,16H,2,4-5,7-8H2,(H2,26,27)/t11-,12+,16?. The van der Waals surface area contributed by atoms with Gasteiger partial charge in [-0.1, -0.05) is 0 Å². The number of fused-ring (bicyclic) bond motifs is 1. The number of alkyl halides is 6. The highest BCUT2D eigenvalue weighted by atomic mass is 19.4. The molecule has 0 radical (unpaired) electrons. The third-order valence-corrected chi connectivity index (χ3v) is 6.32. The van der Waals surface area contributed by atoms with Gasteiger partial charge in [0.05, 0.1) is 30.5 Å². The molecule has 31 heavy (non-hydrogen) atoms. The first-order valence-electron chi connectivity index (χ1n) is 9.80. The number of nitrogens with zero attached hydrogens (tertiary/aromatic N) is 4. The largest absolute Gasteiger partial charge is 0.419 e. The summed E-state index contributed by atoms with van der Waals surface area (Å²) in [5.41, 5.74) is 4.18. The first kappa shape index (κ1) is 20.6. The summed E-state index contributed by atoms with van der Waals surface area (Å²) in [6.07, 6.45) is -7.96. The van der Waals surface area contributed by atoms with Crippen molar-refractivity contribution in [3.8, 4) is 11.3 Å². The van der Waals surface area contributed by atoms with Crippen LogP contribution in [-0.2, 0) is 17.3 Å². The third-order valence-electron chi connectivity index (χ3n) is 6.32.